The molecule has 4 heteroatoms. The van der Waals surface area contributed by atoms with Gasteiger partial charge in [-0.15, -0.1) is 0 Å². The Morgan fingerprint density at radius 1 is 1.44 bits per heavy atom. The third-order valence-corrected chi connectivity index (χ3v) is 2.05. The molecule has 4 N–H and O–H groups in total. The molecule has 0 aliphatic heterocycles. The van der Waals surface area contributed by atoms with E-state index < -0.39 is 0 Å². The van der Waals surface area contributed by atoms with Crippen LogP contribution in [0.1, 0.15) is 26.7 Å². The van der Waals surface area contributed by atoms with Crippen LogP contribution in [0.3, 0.4) is 0 Å². The van der Waals surface area contributed by atoms with Crippen molar-refractivity contribution in [1.82, 2.24) is 0 Å². The Morgan fingerprint density at radius 3 is 2.38 bits per heavy atom. The van der Waals surface area contributed by atoms with Crippen LogP contribution in [0, 0.1) is 5.41 Å². The molecular formula is C12H19N3O. The third kappa shape index (κ3) is 6.62. The smallest absolute Gasteiger partial charge is 0.231 e. The van der Waals surface area contributed by atoms with Crippen LogP contribution < -0.4 is 11.1 Å². The van der Waals surface area contributed by atoms with Gasteiger partial charge in [-0.2, -0.15) is 0 Å². The molecule has 0 aliphatic carbocycles. The van der Waals surface area contributed by atoms with E-state index in [1.54, 1.807) is 0 Å². The minimum Gasteiger partial charge on any atom is -0.399 e. The Morgan fingerprint density at radius 2 is 1.94 bits per heavy atom. The topological polar surface area (TPSA) is 79.0 Å². The average molecular weight is 221 g/mol. The van der Waals surface area contributed by atoms with Crippen LogP contribution in [-0.2, 0) is 4.79 Å². The Kier molecular flexibility index (Phi) is 7.55. The highest BCUT2D eigenvalue weighted by Crippen LogP contribution is 2.12. The molecule has 88 valence electrons. The molecule has 1 rings (SSSR count). The summed E-state index contributed by atoms with van der Waals surface area (Å²) in [7, 11) is 0. The average Bonchev–Trinajstić information content (AvgIpc) is 2.23. The normalized spacial score (nSPS) is 10.6. The summed E-state index contributed by atoms with van der Waals surface area (Å²) in [5, 5.41) is 8.82. The Hall–Kier alpha value is -1.80. The SMILES string of the molecule is CCCC(C)Nc1ccc(N)cc1.N=C=O. The van der Waals surface area contributed by atoms with Gasteiger partial charge in [-0.05, 0) is 37.6 Å². The Labute approximate surface area is 96.4 Å². The fourth-order valence-electron chi connectivity index (χ4n) is 1.37. The summed E-state index contributed by atoms with van der Waals surface area (Å²) in [5.41, 5.74) is 7.55. The van der Waals surface area contributed by atoms with Gasteiger partial charge in [0, 0.05) is 17.4 Å². The van der Waals surface area contributed by atoms with Gasteiger partial charge in [0.1, 0.15) is 0 Å². The maximum atomic E-state index is 8.35. The number of nitrogens with two attached hydrogens (primary N) is 1. The van der Waals surface area contributed by atoms with Crippen molar-refractivity contribution in [3.8, 4) is 0 Å². The number of isocyanates is 1. The second-order valence-corrected chi connectivity index (χ2v) is 3.56. The van der Waals surface area contributed by atoms with E-state index in [1.807, 2.05) is 24.3 Å². The fourth-order valence-corrected chi connectivity index (χ4v) is 1.37. The van der Waals surface area contributed by atoms with Gasteiger partial charge in [0.2, 0.25) is 6.08 Å². The molecular weight excluding hydrogens is 202 g/mol. The highest BCUT2D eigenvalue weighted by atomic mass is 16.1. The molecule has 1 atom stereocenters. The van der Waals surface area contributed by atoms with Crippen molar-refractivity contribution >= 4 is 17.5 Å². The number of nitrogen functional groups attached to an aromatic ring is 1. The lowest BCUT2D eigenvalue weighted by Crippen LogP contribution is -2.14. The summed E-state index contributed by atoms with van der Waals surface area (Å²) in [6.45, 7) is 4.39. The maximum absolute atomic E-state index is 8.35. The van der Waals surface area contributed by atoms with Gasteiger partial charge in [-0.1, -0.05) is 13.3 Å². The molecule has 1 aromatic carbocycles. The van der Waals surface area contributed by atoms with Crippen LogP contribution in [0.4, 0.5) is 11.4 Å². The van der Waals surface area contributed by atoms with E-state index in [0.717, 1.165) is 17.5 Å². The van der Waals surface area contributed by atoms with Gasteiger partial charge >= 0.3 is 0 Å². The predicted octanol–water partition coefficient (Wildman–Crippen LogP) is 2.77. The van der Waals surface area contributed by atoms with Gasteiger partial charge in [-0.3, -0.25) is 0 Å². The van der Waals surface area contributed by atoms with Crippen molar-refractivity contribution in [2.75, 3.05) is 11.1 Å². The van der Waals surface area contributed by atoms with E-state index in [1.165, 1.54) is 12.8 Å². The summed E-state index contributed by atoms with van der Waals surface area (Å²) < 4.78 is 0. The summed E-state index contributed by atoms with van der Waals surface area (Å²) in [4.78, 5) is 8.35. The van der Waals surface area contributed by atoms with Crippen molar-refractivity contribution in [1.29, 1.82) is 5.41 Å². The second-order valence-electron chi connectivity index (χ2n) is 3.56. The zero-order chi connectivity index (χ0) is 12.4. The summed E-state index contributed by atoms with van der Waals surface area (Å²) in [5.74, 6) is 0. The number of rotatable bonds is 4. The van der Waals surface area contributed by atoms with Crippen LogP contribution >= 0.6 is 0 Å². The number of anilines is 2. The maximum Gasteiger partial charge on any atom is 0.231 e. The van der Waals surface area contributed by atoms with E-state index >= 15 is 0 Å². The van der Waals surface area contributed by atoms with Crippen molar-refractivity contribution in [3.05, 3.63) is 24.3 Å². The van der Waals surface area contributed by atoms with Crippen LogP contribution in [0.25, 0.3) is 0 Å². The van der Waals surface area contributed by atoms with Gasteiger partial charge in [0.15, 0.2) is 0 Å². The number of nitrogens with one attached hydrogen (secondary N) is 2. The van der Waals surface area contributed by atoms with Crippen LogP contribution in [0.15, 0.2) is 24.3 Å². The first-order chi connectivity index (χ1) is 7.63. The number of hydrogen-bond acceptors (Lipinski definition) is 4. The molecule has 1 unspecified atom stereocenters. The zero-order valence-corrected chi connectivity index (χ0v) is 9.79. The van der Waals surface area contributed by atoms with E-state index in [-0.39, 0.29) is 0 Å². The summed E-state index contributed by atoms with van der Waals surface area (Å²) in [6, 6.07) is 8.40. The standard InChI is InChI=1S/C11H18N2.CHNO/c1-3-4-9(2)13-11-7-5-10(12)6-8-11;2-1-3/h5-9,13H,3-4,12H2,1-2H3;2H. The van der Waals surface area contributed by atoms with Crippen molar-refractivity contribution in [2.24, 2.45) is 0 Å². The first kappa shape index (κ1) is 14.2. The predicted molar refractivity (Wildman–Crippen MR) is 67.3 cm³/mol. The molecule has 0 spiro atoms. The molecule has 0 bridgehead atoms. The molecule has 0 saturated carbocycles. The van der Waals surface area contributed by atoms with E-state index in [0.29, 0.717) is 6.04 Å². The van der Waals surface area contributed by atoms with Gasteiger partial charge in [0.05, 0.1) is 0 Å². The zero-order valence-electron chi connectivity index (χ0n) is 9.79. The molecule has 1 aromatic rings. The van der Waals surface area contributed by atoms with Crippen molar-refractivity contribution < 1.29 is 4.79 Å². The largest absolute Gasteiger partial charge is 0.399 e. The summed E-state index contributed by atoms with van der Waals surface area (Å²) in [6.07, 6.45) is 3.16. The van der Waals surface area contributed by atoms with Gasteiger partial charge < -0.3 is 11.1 Å². The van der Waals surface area contributed by atoms with Crippen LogP contribution in [-0.4, -0.2) is 12.1 Å². The third-order valence-electron chi connectivity index (χ3n) is 2.05. The molecule has 16 heavy (non-hydrogen) atoms. The highest BCUT2D eigenvalue weighted by molar-refractivity contribution is 5.51. The molecule has 0 saturated heterocycles. The minimum absolute atomic E-state index is 0.536. The lowest BCUT2D eigenvalue weighted by molar-refractivity contribution is 0.563. The first-order valence-electron chi connectivity index (χ1n) is 5.30. The molecule has 0 radical (unpaired) electrons. The lowest BCUT2D eigenvalue weighted by Gasteiger charge is -2.13. The molecule has 4 nitrogen and oxygen atoms in total. The number of benzene rings is 1. The Balaban J connectivity index is 0.000000673. The van der Waals surface area contributed by atoms with Gasteiger partial charge in [-0.25, -0.2) is 10.2 Å². The second kappa shape index (κ2) is 8.50. The fraction of sp³-hybridized carbons (Fsp3) is 0.417. The Bertz CT molecular complexity index is 316. The molecule has 0 aromatic heterocycles. The summed E-state index contributed by atoms with van der Waals surface area (Å²) >= 11 is 0. The highest BCUT2D eigenvalue weighted by Gasteiger charge is 1.99. The van der Waals surface area contributed by atoms with Crippen molar-refractivity contribution in [2.45, 2.75) is 32.7 Å². The molecule has 0 fully saturated rings. The molecule has 0 amide bonds. The molecule has 0 aliphatic rings. The van der Waals surface area contributed by atoms with Crippen LogP contribution in [0.5, 0.6) is 0 Å². The number of carbonyl (C=O) groups excluding carboxylic acids is 1. The first-order valence-corrected chi connectivity index (χ1v) is 5.30. The number of hydrogen-bond donors (Lipinski definition) is 3. The van der Waals surface area contributed by atoms with E-state index in [2.05, 4.69) is 19.2 Å². The van der Waals surface area contributed by atoms with Crippen molar-refractivity contribution in [3.63, 3.8) is 0 Å². The van der Waals surface area contributed by atoms with Crippen LogP contribution in [0.2, 0.25) is 0 Å². The molecule has 0 heterocycles. The van der Waals surface area contributed by atoms with E-state index in [9.17, 15) is 0 Å². The van der Waals surface area contributed by atoms with Gasteiger partial charge in [0.25, 0.3) is 0 Å². The minimum atomic E-state index is 0.536. The lowest BCUT2D eigenvalue weighted by atomic mass is 10.2. The quantitative estimate of drug-likeness (QED) is 0.415. The van der Waals surface area contributed by atoms with E-state index in [4.69, 9.17) is 15.9 Å². The monoisotopic (exact) mass is 221 g/mol.